The van der Waals surface area contributed by atoms with Crippen molar-refractivity contribution in [1.29, 1.82) is 5.26 Å². The van der Waals surface area contributed by atoms with E-state index in [4.69, 9.17) is 21.5 Å². The van der Waals surface area contributed by atoms with Crippen LogP contribution in [0.2, 0.25) is 0 Å². The van der Waals surface area contributed by atoms with Gasteiger partial charge in [-0.1, -0.05) is 30.3 Å². The number of rotatable bonds is 4. The number of anilines is 1. The van der Waals surface area contributed by atoms with Crippen LogP contribution < -0.4 is 16.2 Å². The van der Waals surface area contributed by atoms with Crippen molar-refractivity contribution >= 4 is 5.69 Å². The third kappa shape index (κ3) is 3.19. The average molecular weight is 316 g/mol. The van der Waals surface area contributed by atoms with Crippen LogP contribution in [0.4, 0.5) is 5.69 Å². The van der Waals surface area contributed by atoms with Crippen LogP contribution >= 0.6 is 0 Å². The Hall–Kier alpha value is -3.36. The molecule has 4 N–H and O–H groups in total. The molecule has 2 aromatic carbocycles. The van der Waals surface area contributed by atoms with Gasteiger partial charge in [-0.3, -0.25) is 4.98 Å². The highest BCUT2D eigenvalue weighted by molar-refractivity contribution is 5.60. The lowest BCUT2D eigenvalue weighted by atomic mass is 9.98. The predicted molar refractivity (Wildman–Crippen MR) is 92.4 cm³/mol. The number of pyridine rings is 1. The fourth-order valence-corrected chi connectivity index (χ4v) is 2.37. The fourth-order valence-electron chi connectivity index (χ4n) is 2.37. The molecule has 118 valence electrons. The highest BCUT2D eigenvalue weighted by atomic mass is 16.5. The molecule has 1 unspecified atom stereocenters. The first-order valence-electron chi connectivity index (χ1n) is 7.41. The molecule has 3 rings (SSSR count). The van der Waals surface area contributed by atoms with Gasteiger partial charge in [0.25, 0.3) is 0 Å². The number of aromatic nitrogens is 1. The van der Waals surface area contributed by atoms with E-state index in [9.17, 15) is 0 Å². The van der Waals surface area contributed by atoms with E-state index < -0.39 is 6.04 Å². The van der Waals surface area contributed by atoms with Crippen molar-refractivity contribution < 1.29 is 4.74 Å². The van der Waals surface area contributed by atoms with Crippen LogP contribution in [0.3, 0.4) is 0 Å². The van der Waals surface area contributed by atoms with Gasteiger partial charge in [0.1, 0.15) is 17.6 Å². The van der Waals surface area contributed by atoms with Crippen molar-refractivity contribution in [2.24, 2.45) is 5.73 Å². The molecule has 0 fully saturated rings. The number of ether oxygens (including phenoxy) is 1. The lowest BCUT2D eigenvalue weighted by molar-refractivity contribution is 0.482. The summed E-state index contributed by atoms with van der Waals surface area (Å²) in [4.78, 5) is 4.03. The molecule has 1 atom stereocenters. The zero-order valence-corrected chi connectivity index (χ0v) is 12.9. The molecule has 0 aliphatic heterocycles. The van der Waals surface area contributed by atoms with Crippen LogP contribution in [0.25, 0.3) is 0 Å². The van der Waals surface area contributed by atoms with Crippen molar-refractivity contribution in [2.75, 3.05) is 5.73 Å². The molecule has 1 heterocycles. The second kappa shape index (κ2) is 6.82. The average Bonchev–Trinajstić information content (AvgIpc) is 2.63. The largest absolute Gasteiger partial charge is 0.457 e. The Bertz CT molecular complexity index is 870. The van der Waals surface area contributed by atoms with E-state index >= 15 is 0 Å². The molecular formula is C19H16N4O. The van der Waals surface area contributed by atoms with E-state index in [1.807, 2.05) is 60.7 Å². The number of para-hydroxylation sites is 1. The Labute approximate surface area is 140 Å². The minimum atomic E-state index is -0.462. The van der Waals surface area contributed by atoms with Crippen LogP contribution in [-0.2, 0) is 0 Å². The van der Waals surface area contributed by atoms with Crippen molar-refractivity contribution in [1.82, 2.24) is 4.98 Å². The molecule has 5 nitrogen and oxygen atoms in total. The zero-order chi connectivity index (χ0) is 16.9. The summed E-state index contributed by atoms with van der Waals surface area (Å²) in [5.74, 6) is 1.48. The molecule has 0 amide bonds. The number of nitrogen functional groups attached to an aromatic ring is 1. The van der Waals surface area contributed by atoms with Crippen molar-refractivity contribution in [3.63, 3.8) is 0 Å². The Kier molecular flexibility index (Phi) is 4.41. The van der Waals surface area contributed by atoms with Crippen molar-refractivity contribution in [3.05, 3.63) is 83.7 Å². The zero-order valence-electron chi connectivity index (χ0n) is 12.9. The molecule has 0 spiro atoms. The maximum Gasteiger partial charge on any atom is 0.127 e. The van der Waals surface area contributed by atoms with E-state index in [1.165, 1.54) is 6.20 Å². The minimum absolute atomic E-state index is 0.326. The van der Waals surface area contributed by atoms with Crippen LogP contribution in [-0.4, -0.2) is 4.98 Å². The van der Waals surface area contributed by atoms with Gasteiger partial charge in [-0.25, -0.2) is 0 Å². The Balaban J connectivity index is 1.82. The SMILES string of the molecule is N#Cc1cncc(C(N)c2ccc(Oc3ccccc3)cc2)c1N. The van der Waals surface area contributed by atoms with E-state index in [0.717, 1.165) is 11.3 Å². The number of nitriles is 1. The smallest absolute Gasteiger partial charge is 0.127 e. The summed E-state index contributed by atoms with van der Waals surface area (Å²) in [6.07, 6.45) is 3.03. The number of hydrogen-bond acceptors (Lipinski definition) is 5. The van der Waals surface area contributed by atoms with E-state index in [2.05, 4.69) is 4.98 Å². The summed E-state index contributed by atoms with van der Waals surface area (Å²) in [6, 6.07) is 18.5. The molecule has 5 heteroatoms. The van der Waals surface area contributed by atoms with Gasteiger partial charge in [-0.2, -0.15) is 5.26 Å². The van der Waals surface area contributed by atoms with Crippen LogP contribution in [0.1, 0.15) is 22.7 Å². The lowest BCUT2D eigenvalue weighted by Crippen LogP contribution is -2.15. The summed E-state index contributed by atoms with van der Waals surface area (Å²) in [5.41, 5.74) is 14.5. The van der Waals surface area contributed by atoms with Gasteiger partial charge < -0.3 is 16.2 Å². The third-order valence-electron chi connectivity index (χ3n) is 3.69. The summed E-state index contributed by atoms with van der Waals surface area (Å²) >= 11 is 0. The molecule has 0 aliphatic rings. The highest BCUT2D eigenvalue weighted by Crippen LogP contribution is 2.28. The predicted octanol–water partition coefficient (Wildman–Crippen LogP) is 3.38. The van der Waals surface area contributed by atoms with E-state index in [-0.39, 0.29) is 0 Å². The standard InChI is InChI=1S/C19H16N4O/c20-10-14-11-23-12-17(19(14)22)18(21)13-6-8-16(9-7-13)24-15-4-2-1-3-5-15/h1-9,11-12,18H,21H2,(H2,22,23). The fraction of sp³-hybridized carbons (Fsp3) is 0.0526. The Morgan fingerprint density at radius 1 is 0.958 bits per heavy atom. The molecule has 0 bridgehead atoms. The lowest BCUT2D eigenvalue weighted by Gasteiger charge is -2.15. The molecule has 0 saturated carbocycles. The molecule has 3 aromatic rings. The van der Waals surface area contributed by atoms with Gasteiger partial charge in [0.15, 0.2) is 0 Å². The molecule has 0 aliphatic carbocycles. The van der Waals surface area contributed by atoms with Gasteiger partial charge in [0.2, 0.25) is 0 Å². The summed E-state index contributed by atoms with van der Waals surface area (Å²) < 4.78 is 5.76. The summed E-state index contributed by atoms with van der Waals surface area (Å²) in [6.45, 7) is 0. The van der Waals surface area contributed by atoms with Crippen LogP contribution in [0.15, 0.2) is 67.0 Å². The number of nitrogens with two attached hydrogens (primary N) is 2. The van der Waals surface area contributed by atoms with Crippen LogP contribution in [0.5, 0.6) is 11.5 Å². The monoisotopic (exact) mass is 316 g/mol. The quantitative estimate of drug-likeness (QED) is 0.769. The summed E-state index contributed by atoms with van der Waals surface area (Å²) in [5, 5.41) is 9.04. The third-order valence-corrected chi connectivity index (χ3v) is 3.69. The summed E-state index contributed by atoms with van der Waals surface area (Å²) in [7, 11) is 0. The second-order valence-corrected chi connectivity index (χ2v) is 5.26. The maximum atomic E-state index is 9.04. The molecule has 24 heavy (non-hydrogen) atoms. The normalized spacial score (nSPS) is 11.5. The minimum Gasteiger partial charge on any atom is -0.457 e. The van der Waals surface area contributed by atoms with Gasteiger partial charge in [0, 0.05) is 18.0 Å². The first-order chi connectivity index (χ1) is 11.7. The maximum absolute atomic E-state index is 9.04. The van der Waals surface area contributed by atoms with Crippen LogP contribution in [0, 0.1) is 11.3 Å². The number of nitrogens with zero attached hydrogens (tertiary/aromatic N) is 2. The van der Waals surface area contributed by atoms with Gasteiger partial charge in [-0.05, 0) is 29.8 Å². The van der Waals surface area contributed by atoms with Crippen molar-refractivity contribution in [3.8, 4) is 17.6 Å². The molecule has 0 saturated heterocycles. The van der Waals surface area contributed by atoms with Gasteiger partial charge >= 0.3 is 0 Å². The number of benzene rings is 2. The Morgan fingerprint density at radius 3 is 2.29 bits per heavy atom. The molecule has 0 radical (unpaired) electrons. The van der Waals surface area contributed by atoms with Crippen molar-refractivity contribution in [2.45, 2.75) is 6.04 Å². The van der Waals surface area contributed by atoms with Gasteiger partial charge in [0.05, 0.1) is 17.3 Å². The Morgan fingerprint density at radius 2 is 1.62 bits per heavy atom. The van der Waals surface area contributed by atoms with E-state index in [0.29, 0.717) is 22.6 Å². The first kappa shape index (κ1) is 15.5. The molecular weight excluding hydrogens is 300 g/mol. The molecule has 1 aromatic heterocycles. The highest BCUT2D eigenvalue weighted by Gasteiger charge is 2.15. The van der Waals surface area contributed by atoms with Gasteiger partial charge in [-0.15, -0.1) is 0 Å². The first-order valence-corrected chi connectivity index (χ1v) is 7.41. The number of hydrogen-bond donors (Lipinski definition) is 2. The topological polar surface area (TPSA) is 98.0 Å². The second-order valence-electron chi connectivity index (χ2n) is 5.26. The van der Waals surface area contributed by atoms with E-state index in [1.54, 1.807) is 6.20 Å².